The molecule has 0 saturated carbocycles. The predicted octanol–water partition coefficient (Wildman–Crippen LogP) is -0.127. The van der Waals surface area contributed by atoms with Crippen LogP contribution in [0.3, 0.4) is 0 Å². The van der Waals surface area contributed by atoms with Gasteiger partial charge in [0.1, 0.15) is 6.04 Å². The van der Waals surface area contributed by atoms with Crippen molar-refractivity contribution in [3.05, 3.63) is 0 Å². The average Bonchev–Trinajstić information content (AvgIpc) is 2.34. The van der Waals surface area contributed by atoms with E-state index in [9.17, 15) is 9.59 Å². The first-order valence-corrected chi connectivity index (χ1v) is 4.25. The molecule has 2 amide bonds. The minimum absolute atomic E-state index is 0.0562. The van der Waals surface area contributed by atoms with Crippen molar-refractivity contribution >= 4 is 11.8 Å². The van der Waals surface area contributed by atoms with Gasteiger partial charge in [0.25, 0.3) is 0 Å². The summed E-state index contributed by atoms with van der Waals surface area (Å²) in [5.41, 5.74) is 5.15. The van der Waals surface area contributed by atoms with Crippen LogP contribution >= 0.6 is 0 Å². The number of carbonyl (C=O) groups excluding carboxylic acids is 2. The lowest BCUT2D eigenvalue weighted by molar-refractivity contribution is -0.133. The highest BCUT2D eigenvalue weighted by Crippen LogP contribution is 2.18. The minimum Gasteiger partial charge on any atom is -0.368 e. The molecule has 0 aromatic rings. The molecule has 1 fully saturated rings. The van der Waals surface area contributed by atoms with E-state index >= 15 is 0 Å². The topological polar surface area (TPSA) is 63.4 Å². The Labute approximate surface area is 71.7 Å². The largest absolute Gasteiger partial charge is 0.368 e. The second-order valence-electron chi connectivity index (χ2n) is 3.04. The molecule has 0 bridgehead atoms. The van der Waals surface area contributed by atoms with Crippen LogP contribution in [-0.4, -0.2) is 29.3 Å². The molecule has 1 aliphatic rings. The number of carbonyl (C=O) groups is 2. The molecular formula is C8H14N2O2. The highest BCUT2D eigenvalue weighted by Gasteiger charge is 2.33. The van der Waals surface area contributed by atoms with Crippen LogP contribution in [0, 0.1) is 0 Å². The smallest absolute Gasteiger partial charge is 0.240 e. The molecule has 0 radical (unpaired) electrons. The van der Waals surface area contributed by atoms with Crippen molar-refractivity contribution in [1.82, 2.24) is 4.90 Å². The van der Waals surface area contributed by atoms with Crippen LogP contribution in [0.15, 0.2) is 0 Å². The van der Waals surface area contributed by atoms with Crippen LogP contribution in [0.5, 0.6) is 0 Å². The van der Waals surface area contributed by atoms with E-state index < -0.39 is 0 Å². The third-order valence-electron chi connectivity index (χ3n) is 2.12. The number of rotatable bonds is 3. The van der Waals surface area contributed by atoms with E-state index in [4.69, 9.17) is 5.73 Å². The predicted molar refractivity (Wildman–Crippen MR) is 44.2 cm³/mol. The first-order chi connectivity index (χ1) is 5.66. The Hall–Kier alpha value is -1.06. The fourth-order valence-electron chi connectivity index (χ4n) is 1.55. The second kappa shape index (κ2) is 3.56. The number of hydrogen-bond donors (Lipinski definition) is 1. The fraction of sp³-hybridized carbons (Fsp3) is 0.750. The van der Waals surface area contributed by atoms with Gasteiger partial charge in [-0.15, -0.1) is 0 Å². The van der Waals surface area contributed by atoms with Crippen LogP contribution in [0.4, 0.5) is 0 Å². The highest BCUT2D eigenvalue weighted by molar-refractivity contribution is 5.89. The van der Waals surface area contributed by atoms with Crippen LogP contribution in [-0.2, 0) is 9.59 Å². The molecule has 1 rings (SSSR count). The zero-order chi connectivity index (χ0) is 9.14. The van der Waals surface area contributed by atoms with Crippen molar-refractivity contribution in [2.24, 2.45) is 5.73 Å². The molecule has 1 unspecified atom stereocenters. The normalized spacial score (nSPS) is 23.2. The SMILES string of the molecule is CCCN1C(=O)CCC1C(N)=O. The number of nitrogens with two attached hydrogens (primary N) is 1. The van der Waals surface area contributed by atoms with Crippen molar-refractivity contribution < 1.29 is 9.59 Å². The number of primary amides is 1. The number of hydrogen-bond acceptors (Lipinski definition) is 2. The summed E-state index contributed by atoms with van der Waals surface area (Å²) in [5.74, 6) is -0.324. The van der Waals surface area contributed by atoms with E-state index in [1.54, 1.807) is 4.90 Å². The zero-order valence-corrected chi connectivity index (χ0v) is 7.25. The lowest BCUT2D eigenvalue weighted by atomic mass is 10.2. The molecule has 0 aliphatic carbocycles. The summed E-state index contributed by atoms with van der Waals surface area (Å²) in [6, 6.07) is -0.350. The van der Waals surface area contributed by atoms with Crippen molar-refractivity contribution in [2.75, 3.05) is 6.54 Å². The minimum atomic E-state index is -0.380. The molecule has 68 valence electrons. The molecular weight excluding hydrogens is 156 g/mol. The Morgan fingerprint density at radius 2 is 2.42 bits per heavy atom. The van der Waals surface area contributed by atoms with Gasteiger partial charge in [-0.2, -0.15) is 0 Å². The van der Waals surface area contributed by atoms with E-state index in [2.05, 4.69) is 0 Å². The summed E-state index contributed by atoms with van der Waals surface area (Å²) in [6.45, 7) is 2.62. The van der Waals surface area contributed by atoms with Gasteiger partial charge in [0.05, 0.1) is 0 Å². The summed E-state index contributed by atoms with van der Waals surface area (Å²) < 4.78 is 0. The summed E-state index contributed by atoms with van der Waals surface area (Å²) in [4.78, 5) is 23.6. The van der Waals surface area contributed by atoms with E-state index in [0.717, 1.165) is 6.42 Å². The summed E-state index contributed by atoms with van der Waals surface area (Å²) >= 11 is 0. The fourth-order valence-corrected chi connectivity index (χ4v) is 1.55. The zero-order valence-electron chi connectivity index (χ0n) is 7.25. The van der Waals surface area contributed by atoms with Gasteiger partial charge < -0.3 is 10.6 Å². The molecule has 2 N–H and O–H groups in total. The average molecular weight is 170 g/mol. The number of nitrogens with zero attached hydrogens (tertiary/aromatic N) is 1. The molecule has 1 atom stereocenters. The van der Waals surface area contributed by atoms with Crippen molar-refractivity contribution in [3.8, 4) is 0 Å². The number of amides is 2. The van der Waals surface area contributed by atoms with E-state index in [1.165, 1.54) is 0 Å². The lowest BCUT2D eigenvalue weighted by Gasteiger charge is -2.21. The van der Waals surface area contributed by atoms with Gasteiger partial charge in [-0.25, -0.2) is 0 Å². The van der Waals surface area contributed by atoms with Crippen LogP contribution < -0.4 is 5.73 Å². The van der Waals surface area contributed by atoms with Crippen LogP contribution in [0.25, 0.3) is 0 Å². The maximum atomic E-state index is 11.2. The molecule has 1 heterocycles. The standard InChI is InChI=1S/C8H14N2O2/c1-2-5-10-6(8(9)12)3-4-7(10)11/h6H,2-5H2,1H3,(H2,9,12). The molecule has 12 heavy (non-hydrogen) atoms. The molecule has 1 saturated heterocycles. The molecule has 1 aliphatic heterocycles. The Bertz CT molecular complexity index is 203. The van der Waals surface area contributed by atoms with Gasteiger partial charge in [0, 0.05) is 13.0 Å². The monoisotopic (exact) mass is 170 g/mol. The van der Waals surface area contributed by atoms with Gasteiger partial charge in [-0.3, -0.25) is 9.59 Å². The summed E-state index contributed by atoms with van der Waals surface area (Å²) in [7, 11) is 0. The third kappa shape index (κ3) is 1.57. The Morgan fingerprint density at radius 3 is 2.92 bits per heavy atom. The Kier molecular flexibility index (Phi) is 2.68. The molecule has 4 nitrogen and oxygen atoms in total. The van der Waals surface area contributed by atoms with Gasteiger partial charge in [-0.05, 0) is 12.8 Å². The highest BCUT2D eigenvalue weighted by atomic mass is 16.2. The van der Waals surface area contributed by atoms with Gasteiger partial charge in [0.15, 0.2) is 0 Å². The quantitative estimate of drug-likeness (QED) is 0.641. The third-order valence-corrected chi connectivity index (χ3v) is 2.12. The first-order valence-electron chi connectivity index (χ1n) is 4.25. The molecule has 0 aromatic carbocycles. The van der Waals surface area contributed by atoms with Crippen LogP contribution in [0.1, 0.15) is 26.2 Å². The first kappa shape index (κ1) is 9.03. The van der Waals surface area contributed by atoms with Gasteiger partial charge in [-0.1, -0.05) is 6.92 Å². The lowest BCUT2D eigenvalue weighted by Crippen LogP contribution is -2.42. The molecule has 4 heteroatoms. The number of likely N-dealkylation sites (tertiary alicyclic amines) is 1. The summed E-state index contributed by atoms with van der Waals surface area (Å²) in [5, 5.41) is 0. The Balaban J connectivity index is 2.63. The Morgan fingerprint density at radius 1 is 1.75 bits per heavy atom. The van der Waals surface area contributed by atoms with E-state index in [1.807, 2.05) is 6.92 Å². The summed E-state index contributed by atoms with van der Waals surface area (Å²) in [6.07, 6.45) is 1.93. The maximum absolute atomic E-state index is 11.2. The van der Waals surface area contributed by atoms with Crippen LogP contribution in [0.2, 0.25) is 0 Å². The molecule has 0 spiro atoms. The van der Waals surface area contributed by atoms with Crippen molar-refractivity contribution in [2.45, 2.75) is 32.2 Å². The van der Waals surface area contributed by atoms with Gasteiger partial charge >= 0.3 is 0 Å². The van der Waals surface area contributed by atoms with E-state index in [-0.39, 0.29) is 17.9 Å². The molecule has 0 aromatic heterocycles. The van der Waals surface area contributed by atoms with Gasteiger partial charge in [0.2, 0.25) is 11.8 Å². The maximum Gasteiger partial charge on any atom is 0.240 e. The second-order valence-corrected chi connectivity index (χ2v) is 3.04. The van der Waals surface area contributed by atoms with Crippen molar-refractivity contribution in [1.29, 1.82) is 0 Å². The van der Waals surface area contributed by atoms with Crippen molar-refractivity contribution in [3.63, 3.8) is 0 Å². The van der Waals surface area contributed by atoms with E-state index in [0.29, 0.717) is 19.4 Å².